The molecule has 0 atom stereocenters. The van der Waals surface area contributed by atoms with Gasteiger partial charge in [-0.25, -0.2) is 4.98 Å². The molecule has 0 bridgehead atoms. The normalized spacial score (nSPS) is 10.9. The van der Waals surface area contributed by atoms with Crippen molar-refractivity contribution < 1.29 is 13.9 Å². The number of hydrogen-bond acceptors (Lipinski definition) is 5. The van der Waals surface area contributed by atoms with Crippen LogP contribution >= 0.6 is 22.9 Å². The highest BCUT2D eigenvalue weighted by Crippen LogP contribution is 2.31. The van der Waals surface area contributed by atoms with Gasteiger partial charge in [0.2, 0.25) is 5.91 Å². The summed E-state index contributed by atoms with van der Waals surface area (Å²) in [6, 6.07) is 8.94. The maximum absolute atomic E-state index is 11.9. The summed E-state index contributed by atoms with van der Waals surface area (Å²) in [5.74, 6) is 0.935. The summed E-state index contributed by atoms with van der Waals surface area (Å²) in [5.41, 5.74) is 1.58. The number of anilines is 1. The molecule has 122 valence electrons. The van der Waals surface area contributed by atoms with Gasteiger partial charge >= 0.3 is 0 Å². The molecule has 1 aromatic carbocycles. The Labute approximate surface area is 147 Å². The molecular weight excluding hydrogens is 348 g/mol. The van der Waals surface area contributed by atoms with Gasteiger partial charge in [0.05, 0.1) is 24.1 Å². The van der Waals surface area contributed by atoms with Crippen molar-refractivity contribution in [3.05, 3.63) is 58.8 Å². The molecule has 0 saturated carbocycles. The zero-order valence-electron chi connectivity index (χ0n) is 12.7. The molecule has 1 amide bonds. The third-order valence-corrected chi connectivity index (χ3v) is 4.18. The van der Waals surface area contributed by atoms with Crippen molar-refractivity contribution in [2.45, 2.75) is 0 Å². The van der Waals surface area contributed by atoms with Crippen LogP contribution in [0.3, 0.4) is 0 Å². The van der Waals surface area contributed by atoms with E-state index in [0.717, 1.165) is 11.3 Å². The lowest BCUT2D eigenvalue weighted by Crippen LogP contribution is -2.07. The predicted octanol–water partition coefficient (Wildman–Crippen LogP) is 4.72. The Kier molecular flexibility index (Phi) is 4.98. The minimum Gasteiger partial charge on any atom is -0.495 e. The molecular formula is C17H13ClN2O3S. The Balaban J connectivity index is 1.69. The van der Waals surface area contributed by atoms with E-state index in [1.54, 1.807) is 43.7 Å². The SMILES string of the molecule is COc1ccc(-c2csc(NC(=O)/C=C/c3ccco3)n2)cc1Cl. The highest BCUT2D eigenvalue weighted by atomic mass is 35.5. The number of carbonyl (C=O) groups is 1. The molecule has 0 radical (unpaired) electrons. The number of rotatable bonds is 5. The number of amides is 1. The van der Waals surface area contributed by atoms with Crippen molar-refractivity contribution in [2.24, 2.45) is 0 Å². The zero-order valence-corrected chi connectivity index (χ0v) is 14.2. The maximum atomic E-state index is 11.9. The van der Waals surface area contributed by atoms with Gasteiger partial charge in [-0.15, -0.1) is 11.3 Å². The number of methoxy groups -OCH3 is 1. The molecule has 3 aromatic rings. The van der Waals surface area contributed by atoms with Crippen LogP contribution in [0, 0.1) is 0 Å². The van der Waals surface area contributed by atoms with Gasteiger partial charge in [0.25, 0.3) is 0 Å². The molecule has 7 heteroatoms. The number of hydrogen-bond donors (Lipinski definition) is 1. The lowest BCUT2D eigenvalue weighted by atomic mass is 10.2. The summed E-state index contributed by atoms with van der Waals surface area (Å²) >= 11 is 7.46. The largest absolute Gasteiger partial charge is 0.495 e. The molecule has 2 aromatic heterocycles. The molecule has 3 rings (SSSR count). The number of halogens is 1. The van der Waals surface area contributed by atoms with Crippen LogP contribution in [0.2, 0.25) is 5.02 Å². The second-order valence-corrected chi connectivity index (χ2v) is 5.99. The topological polar surface area (TPSA) is 64.4 Å². The standard InChI is InChI=1S/C17H13ClN2O3S/c1-22-15-6-4-11(9-13(15)18)14-10-24-17(19-14)20-16(21)7-5-12-3-2-8-23-12/h2-10H,1H3,(H,19,20,21)/b7-5+. The average molecular weight is 361 g/mol. The Morgan fingerprint density at radius 2 is 2.29 bits per heavy atom. The molecule has 1 N–H and O–H groups in total. The van der Waals surface area contributed by atoms with Crippen molar-refractivity contribution in [2.75, 3.05) is 12.4 Å². The highest BCUT2D eigenvalue weighted by molar-refractivity contribution is 7.14. The van der Waals surface area contributed by atoms with Crippen LogP contribution in [-0.4, -0.2) is 18.0 Å². The van der Waals surface area contributed by atoms with Crippen LogP contribution in [0.15, 0.2) is 52.5 Å². The quantitative estimate of drug-likeness (QED) is 0.669. The second kappa shape index (κ2) is 7.33. The smallest absolute Gasteiger partial charge is 0.250 e. The van der Waals surface area contributed by atoms with Crippen LogP contribution in [-0.2, 0) is 4.79 Å². The third kappa shape index (κ3) is 3.84. The molecule has 0 unspecified atom stereocenters. The van der Waals surface area contributed by atoms with E-state index in [1.165, 1.54) is 17.4 Å². The minimum absolute atomic E-state index is 0.278. The summed E-state index contributed by atoms with van der Waals surface area (Å²) < 4.78 is 10.3. The van der Waals surface area contributed by atoms with E-state index < -0.39 is 0 Å². The van der Waals surface area contributed by atoms with Crippen LogP contribution in [0.1, 0.15) is 5.76 Å². The number of ether oxygens (including phenoxy) is 1. The van der Waals surface area contributed by atoms with Gasteiger partial charge in [-0.1, -0.05) is 11.6 Å². The maximum Gasteiger partial charge on any atom is 0.250 e. The first-order valence-electron chi connectivity index (χ1n) is 6.98. The molecule has 0 aliphatic rings. The lowest BCUT2D eigenvalue weighted by molar-refractivity contribution is -0.111. The first-order valence-corrected chi connectivity index (χ1v) is 8.23. The Morgan fingerprint density at radius 1 is 1.42 bits per heavy atom. The van der Waals surface area contributed by atoms with Crippen molar-refractivity contribution in [1.29, 1.82) is 0 Å². The summed E-state index contributed by atoms with van der Waals surface area (Å²) in [7, 11) is 1.56. The van der Waals surface area contributed by atoms with Gasteiger partial charge in [0.15, 0.2) is 5.13 Å². The fraction of sp³-hybridized carbons (Fsp3) is 0.0588. The van der Waals surface area contributed by atoms with Gasteiger partial charge in [-0.05, 0) is 36.4 Å². The average Bonchev–Trinajstić information content (AvgIpc) is 3.24. The fourth-order valence-electron chi connectivity index (χ4n) is 1.98. The number of aromatic nitrogens is 1. The van der Waals surface area contributed by atoms with Crippen molar-refractivity contribution in [1.82, 2.24) is 4.98 Å². The van der Waals surface area contributed by atoms with Crippen LogP contribution in [0.25, 0.3) is 17.3 Å². The number of nitrogens with one attached hydrogen (secondary N) is 1. The zero-order chi connectivity index (χ0) is 16.9. The Bertz CT molecular complexity index is 872. The molecule has 5 nitrogen and oxygen atoms in total. The molecule has 0 saturated heterocycles. The van der Waals surface area contributed by atoms with Crippen LogP contribution in [0.4, 0.5) is 5.13 Å². The van der Waals surface area contributed by atoms with Gasteiger partial charge in [-0.2, -0.15) is 0 Å². The number of nitrogens with zero attached hydrogens (tertiary/aromatic N) is 1. The van der Waals surface area contributed by atoms with E-state index in [9.17, 15) is 4.79 Å². The van der Waals surface area contributed by atoms with Crippen molar-refractivity contribution in [3.63, 3.8) is 0 Å². The first-order chi connectivity index (χ1) is 11.7. The minimum atomic E-state index is -0.278. The summed E-state index contributed by atoms with van der Waals surface area (Å²) in [6.45, 7) is 0. The molecule has 0 aliphatic carbocycles. The third-order valence-electron chi connectivity index (χ3n) is 3.12. The monoisotopic (exact) mass is 360 g/mol. The number of furan rings is 1. The second-order valence-electron chi connectivity index (χ2n) is 4.73. The molecule has 0 fully saturated rings. The molecule has 24 heavy (non-hydrogen) atoms. The van der Waals surface area contributed by atoms with E-state index in [1.807, 2.05) is 11.4 Å². The first kappa shape index (κ1) is 16.3. The number of benzene rings is 1. The van der Waals surface area contributed by atoms with Crippen molar-refractivity contribution in [3.8, 4) is 17.0 Å². The van der Waals surface area contributed by atoms with Crippen LogP contribution < -0.4 is 10.1 Å². The van der Waals surface area contributed by atoms with Crippen molar-refractivity contribution >= 4 is 40.1 Å². The van der Waals surface area contributed by atoms with Gasteiger partial charge in [-0.3, -0.25) is 10.1 Å². The Morgan fingerprint density at radius 3 is 3.00 bits per heavy atom. The van der Waals surface area contributed by atoms with E-state index in [4.69, 9.17) is 20.8 Å². The fourth-order valence-corrected chi connectivity index (χ4v) is 2.96. The lowest BCUT2D eigenvalue weighted by Gasteiger charge is -2.04. The number of carbonyl (C=O) groups excluding carboxylic acids is 1. The molecule has 0 spiro atoms. The van der Waals surface area contributed by atoms with Gasteiger partial charge in [0.1, 0.15) is 11.5 Å². The molecule has 0 aliphatic heterocycles. The highest BCUT2D eigenvalue weighted by Gasteiger charge is 2.09. The number of thiazole rings is 1. The van der Waals surface area contributed by atoms with E-state index in [2.05, 4.69) is 10.3 Å². The van der Waals surface area contributed by atoms with E-state index in [0.29, 0.717) is 21.7 Å². The van der Waals surface area contributed by atoms with Crippen LogP contribution in [0.5, 0.6) is 5.75 Å². The van der Waals surface area contributed by atoms with Gasteiger partial charge < -0.3 is 9.15 Å². The summed E-state index contributed by atoms with van der Waals surface area (Å²) in [6.07, 6.45) is 4.53. The summed E-state index contributed by atoms with van der Waals surface area (Å²) in [4.78, 5) is 16.3. The van der Waals surface area contributed by atoms with E-state index in [-0.39, 0.29) is 5.91 Å². The van der Waals surface area contributed by atoms with Gasteiger partial charge in [0, 0.05) is 17.0 Å². The summed E-state index contributed by atoms with van der Waals surface area (Å²) in [5, 5.41) is 5.58. The Hall–Kier alpha value is -2.57. The molecule has 2 heterocycles. The predicted molar refractivity (Wildman–Crippen MR) is 95.5 cm³/mol. The van der Waals surface area contributed by atoms with E-state index >= 15 is 0 Å².